The molecule has 0 saturated carbocycles. The lowest BCUT2D eigenvalue weighted by Crippen LogP contribution is -2.36. The van der Waals surface area contributed by atoms with E-state index in [0.717, 1.165) is 11.1 Å². The Labute approximate surface area is 175 Å². The number of rotatable bonds is 8. The smallest absolute Gasteiger partial charge is 0.326 e. The molecule has 2 aromatic rings. The molecule has 8 heteroatoms. The number of ether oxygens (including phenoxy) is 3. The van der Waals surface area contributed by atoms with E-state index < -0.39 is 23.9 Å². The Morgan fingerprint density at radius 3 is 2.07 bits per heavy atom. The Hall–Kier alpha value is -3.55. The number of amides is 2. The minimum absolute atomic E-state index is 0.264. The van der Waals surface area contributed by atoms with Gasteiger partial charge < -0.3 is 24.8 Å². The van der Waals surface area contributed by atoms with E-state index in [1.807, 2.05) is 32.0 Å². The van der Waals surface area contributed by atoms with E-state index in [-0.39, 0.29) is 12.1 Å². The highest BCUT2D eigenvalue weighted by molar-refractivity contribution is 5.98. The molecule has 0 saturated heterocycles. The topological polar surface area (TPSA) is 103 Å². The second kappa shape index (κ2) is 10.3. The van der Waals surface area contributed by atoms with Crippen LogP contribution < -0.4 is 20.1 Å². The van der Waals surface area contributed by atoms with E-state index >= 15 is 0 Å². The number of carbonyl (C=O) groups is 3. The number of anilines is 1. The summed E-state index contributed by atoms with van der Waals surface area (Å²) in [6.45, 7) is 4.83. The number of para-hydroxylation sites is 1. The maximum absolute atomic E-state index is 12.3. The highest BCUT2D eigenvalue weighted by Crippen LogP contribution is 2.22. The van der Waals surface area contributed by atoms with Crippen molar-refractivity contribution in [3.8, 4) is 11.5 Å². The maximum Gasteiger partial charge on any atom is 0.326 e. The quantitative estimate of drug-likeness (QED) is 0.644. The summed E-state index contributed by atoms with van der Waals surface area (Å²) < 4.78 is 15.4. The van der Waals surface area contributed by atoms with Crippen LogP contribution in [0, 0.1) is 13.8 Å². The summed E-state index contributed by atoms with van der Waals surface area (Å²) in [4.78, 5) is 36.7. The predicted octanol–water partition coefficient (Wildman–Crippen LogP) is 2.62. The minimum atomic E-state index is -1.02. The molecule has 2 N–H and O–H groups in total. The Morgan fingerprint density at radius 1 is 0.967 bits per heavy atom. The fourth-order valence-electron chi connectivity index (χ4n) is 2.72. The van der Waals surface area contributed by atoms with Gasteiger partial charge in [0.1, 0.15) is 18.0 Å². The Morgan fingerprint density at radius 2 is 1.53 bits per heavy atom. The zero-order valence-corrected chi connectivity index (χ0v) is 17.7. The van der Waals surface area contributed by atoms with E-state index in [4.69, 9.17) is 14.2 Å². The van der Waals surface area contributed by atoms with E-state index in [0.29, 0.717) is 17.2 Å². The number of hydrogen-bond acceptors (Lipinski definition) is 6. The maximum atomic E-state index is 12.3. The second-order valence-corrected chi connectivity index (χ2v) is 6.67. The molecule has 2 aromatic carbocycles. The highest BCUT2D eigenvalue weighted by atomic mass is 16.5. The lowest BCUT2D eigenvalue weighted by atomic mass is 10.1. The molecule has 0 spiro atoms. The molecule has 2 amide bonds. The monoisotopic (exact) mass is 414 g/mol. The number of benzene rings is 2. The van der Waals surface area contributed by atoms with E-state index in [2.05, 4.69) is 10.6 Å². The summed E-state index contributed by atoms with van der Waals surface area (Å²) in [5.41, 5.74) is 2.76. The molecule has 30 heavy (non-hydrogen) atoms. The van der Waals surface area contributed by atoms with Gasteiger partial charge in [-0.25, -0.2) is 0 Å². The van der Waals surface area contributed by atoms with Crippen LogP contribution in [0.4, 0.5) is 5.69 Å². The van der Waals surface area contributed by atoms with Crippen LogP contribution in [-0.4, -0.2) is 44.7 Å². The molecule has 0 aliphatic heterocycles. The molecule has 0 radical (unpaired) electrons. The minimum Gasteiger partial charge on any atom is -0.497 e. The number of methoxy groups -OCH3 is 2. The zero-order chi connectivity index (χ0) is 22.3. The second-order valence-electron chi connectivity index (χ2n) is 6.67. The average molecular weight is 414 g/mol. The van der Waals surface area contributed by atoms with Gasteiger partial charge in [0, 0.05) is 17.3 Å². The predicted molar refractivity (Wildman–Crippen MR) is 112 cm³/mol. The van der Waals surface area contributed by atoms with Gasteiger partial charge >= 0.3 is 5.97 Å². The van der Waals surface area contributed by atoms with E-state index in [1.165, 1.54) is 33.3 Å². The third kappa shape index (κ3) is 5.97. The van der Waals surface area contributed by atoms with Crippen LogP contribution in [-0.2, 0) is 14.3 Å². The summed E-state index contributed by atoms with van der Waals surface area (Å²) >= 11 is 0. The van der Waals surface area contributed by atoms with Crippen LogP contribution in [0.2, 0.25) is 0 Å². The third-order valence-electron chi connectivity index (χ3n) is 4.41. The number of esters is 1. The SMILES string of the molecule is COc1cc(OC)cc(C(=O)NCC(=O)O[C@@H](C)C(=O)Nc2c(C)cccc2C)c1. The number of carbonyl (C=O) groups excluding carboxylic acids is 3. The van der Waals surface area contributed by atoms with Gasteiger partial charge in [-0.2, -0.15) is 0 Å². The molecule has 8 nitrogen and oxygen atoms in total. The van der Waals surface area contributed by atoms with Crippen LogP contribution in [0.5, 0.6) is 11.5 Å². The van der Waals surface area contributed by atoms with Crippen molar-refractivity contribution < 1.29 is 28.6 Å². The molecule has 0 aliphatic rings. The van der Waals surface area contributed by atoms with Crippen molar-refractivity contribution in [2.24, 2.45) is 0 Å². The van der Waals surface area contributed by atoms with Crippen LogP contribution >= 0.6 is 0 Å². The third-order valence-corrected chi connectivity index (χ3v) is 4.41. The Bertz CT molecular complexity index is 899. The first-order valence-corrected chi connectivity index (χ1v) is 9.33. The van der Waals surface area contributed by atoms with Crippen molar-refractivity contribution >= 4 is 23.5 Å². The van der Waals surface area contributed by atoms with Crippen molar-refractivity contribution in [1.82, 2.24) is 5.32 Å². The highest BCUT2D eigenvalue weighted by Gasteiger charge is 2.20. The molecule has 0 bridgehead atoms. The fraction of sp³-hybridized carbons (Fsp3) is 0.318. The number of aryl methyl sites for hydroxylation is 2. The number of nitrogens with one attached hydrogen (secondary N) is 2. The first-order valence-electron chi connectivity index (χ1n) is 9.33. The lowest BCUT2D eigenvalue weighted by molar-refractivity contribution is -0.152. The standard InChI is InChI=1S/C22H26N2O6/c1-13-7-6-8-14(2)20(13)24-21(26)15(3)30-19(25)12-23-22(27)16-9-17(28-4)11-18(10-16)29-5/h6-11,15H,12H2,1-5H3,(H,23,27)(H,24,26)/t15-/m0/s1. The van der Waals surface area contributed by atoms with Gasteiger partial charge in [0.15, 0.2) is 6.10 Å². The van der Waals surface area contributed by atoms with Crippen molar-refractivity contribution in [3.05, 3.63) is 53.1 Å². The van der Waals surface area contributed by atoms with Crippen LogP contribution in [0.25, 0.3) is 0 Å². The lowest BCUT2D eigenvalue weighted by Gasteiger charge is -2.16. The Kier molecular flexibility index (Phi) is 7.80. The molecule has 2 rings (SSSR count). The van der Waals surface area contributed by atoms with Gasteiger partial charge in [0.2, 0.25) is 0 Å². The summed E-state index contributed by atoms with van der Waals surface area (Å²) in [5, 5.41) is 5.23. The molecular weight excluding hydrogens is 388 g/mol. The van der Waals surface area contributed by atoms with Crippen molar-refractivity contribution in [2.75, 3.05) is 26.1 Å². The van der Waals surface area contributed by atoms with Crippen molar-refractivity contribution in [3.63, 3.8) is 0 Å². The normalized spacial score (nSPS) is 11.2. The Balaban J connectivity index is 1.91. The van der Waals surface area contributed by atoms with Gasteiger partial charge in [-0.1, -0.05) is 18.2 Å². The van der Waals surface area contributed by atoms with Crippen LogP contribution in [0.3, 0.4) is 0 Å². The summed E-state index contributed by atoms with van der Waals surface area (Å²) in [6, 6.07) is 10.3. The average Bonchev–Trinajstić information content (AvgIpc) is 2.73. The fourth-order valence-corrected chi connectivity index (χ4v) is 2.72. The molecule has 0 unspecified atom stereocenters. The van der Waals surface area contributed by atoms with Crippen LogP contribution in [0.15, 0.2) is 36.4 Å². The zero-order valence-electron chi connectivity index (χ0n) is 17.7. The van der Waals surface area contributed by atoms with Gasteiger partial charge in [0.25, 0.3) is 11.8 Å². The van der Waals surface area contributed by atoms with Gasteiger partial charge in [-0.15, -0.1) is 0 Å². The molecule has 0 heterocycles. The molecule has 0 aliphatic carbocycles. The van der Waals surface area contributed by atoms with Gasteiger partial charge in [0.05, 0.1) is 14.2 Å². The van der Waals surface area contributed by atoms with Crippen molar-refractivity contribution in [2.45, 2.75) is 26.9 Å². The first kappa shape index (κ1) is 22.7. The molecule has 0 aromatic heterocycles. The summed E-state index contributed by atoms with van der Waals surface area (Å²) in [6.07, 6.45) is -1.02. The molecule has 1 atom stereocenters. The van der Waals surface area contributed by atoms with Crippen molar-refractivity contribution in [1.29, 1.82) is 0 Å². The van der Waals surface area contributed by atoms with E-state index in [9.17, 15) is 14.4 Å². The summed E-state index contributed by atoms with van der Waals surface area (Å²) in [7, 11) is 2.94. The first-order chi connectivity index (χ1) is 14.2. The largest absolute Gasteiger partial charge is 0.497 e. The number of hydrogen-bond donors (Lipinski definition) is 2. The molecular formula is C22H26N2O6. The molecule has 160 valence electrons. The van der Waals surface area contributed by atoms with E-state index in [1.54, 1.807) is 6.07 Å². The summed E-state index contributed by atoms with van der Waals surface area (Å²) in [5.74, 6) is -0.804. The van der Waals surface area contributed by atoms with Gasteiger partial charge in [-0.3, -0.25) is 14.4 Å². The van der Waals surface area contributed by atoms with Gasteiger partial charge in [-0.05, 0) is 44.0 Å². The molecule has 0 fully saturated rings. The van der Waals surface area contributed by atoms with Crippen LogP contribution in [0.1, 0.15) is 28.4 Å².